The summed E-state index contributed by atoms with van der Waals surface area (Å²) in [5.74, 6) is 1.58. The summed E-state index contributed by atoms with van der Waals surface area (Å²) in [4.78, 5) is 4.11. The zero-order chi connectivity index (χ0) is 12.8. The Morgan fingerprint density at radius 2 is 1.89 bits per heavy atom. The maximum absolute atomic E-state index is 5.75. The van der Waals surface area contributed by atoms with Gasteiger partial charge in [0.15, 0.2) is 0 Å². The minimum atomic E-state index is 0.741. The van der Waals surface area contributed by atoms with E-state index in [9.17, 15) is 0 Å². The molecular weight excluding hydrogens is 224 g/mol. The van der Waals surface area contributed by atoms with Gasteiger partial charge in [-0.1, -0.05) is 25.5 Å². The minimum absolute atomic E-state index is 0.741. The van der Waals surface area contributed by atoms with Gasteiger partial charge in [0.05, 0.1) is 18.1 Å². The van der Waals surface area contributed by atoms with Gasteiger partial charge in [-0.3, -0.25) is 4.98 Å². The first-order valence-electron chi connectivity index (χ1n) is 6.21. The van der Waals surface area contributed by atoms with Crippen molar-refractivity contribution in [2.45, 2.75) is 19.8 Å². The number of aromatic nitrogens is 1. The fourth-order valence-corrected chi connectivity index (χ4v) is 1.76. The summed E-state index contributed by atoms with van der Waals surface area (Å²) in [6.07, 6.45) is 5.74. The van der Waals surface area contributed by atoms with E-state index >= 15 is 0 Å². The van der Waals surface area contributed by atoms with Crippen molar-refractivity contribution in [2.75, 3.05) is 12.4 Å². The molecule has 2 aromatic rings. The molecule has 0 saturated heterocycles. The summed E-state index contributed by atoms with van der Waals surface area (Å²) in [5, 5.41) is 3.04. The fraction of sp³-hybridized carbons (Fsp3) is 0.267. The standard InChI is InChI=1S/C15H18N2O/c1-3-4-12-5-7-14(8-6-12)18-15-9-13(16-2)10-17-11-15/h5-11,16H,3-4H2,1-2H3. The Kier molecular flexibility index (Phi) is 4.18. The lowest BCUT2D eigenvalue weighted by Crippen LogP contribution is -1.91. The van der Waals surface area contributed by atoms with Crippen LogP contribution in [0.5, 0.6) is 11.5 Å². The topological polar surface area (TPSA) is 34.1 Å². The summed E-state index contributed by atoms with van der Waals surface area (Å²) >= 11 is 0. The first-order chi connectivity index (χ1) is 8.81. The summed E-state index contributed by atoms with van der Waals surface area (Å²) < 4.78 is 5.75. The fourth-order valence-electron chi connectivity index (χ4n) is 1.76. The Morgan fingerprint density at radius 1 is 1.11 bits per heavy atom. The molecule has 0 aliphatic rings. The van der Waals surface area contributed by atoms with Gasteiger partial charge in [-0.25, -0.2) is 0 Å². The van der Waals surface area contributed by atoms with Crippen LogP contribution in [0.2, 0.25) is 0 Å². The maximum atomic E-state index is 5.75. The number of nitrogens with one attached hydrogen (secondary N) is 1. The third-order valence-corrected chi connectivity index (χ3v) is 2.70. The molecule has 18 heavy (non-hydrogen) atoms. The van der Waals surface area contributed by atoms with Crippen LogP contribution in [0.3, 0.4) is 0 Å². The van der Waals surface area contributed by atoms with Crippen LogP contribution in [0.4, 0.5) is 5.69 Å². The second kappa shape index (κ2) is 6.05. The van der Waals surface area contributed by atoms with Gasteiger partial charge in [0.25, 0.3) is 0 Å². The molecule has 94 valence electrons. The lowest BCUT2D eigenvalue weighted by Gasteiger charge is -2.07. The molecule has 0 amide bonds. The average molecular weight is 242 g/mol. The highest BCUT2D eigenvalue weighted by atomic mass is 16.5. The van der Waals surface area contributed by atoms with Crippen molar-refractivity contribution < 1.29 is 4.74 Å². The van der Waals surface area contributed by atoms with Gasteiger partial charge in [0.2, 0.25) is 0 Å². The van der Waals surface area contributed by atoms with Crippen LogP contribution in [0.25, 0.3) is 0 Å². The molecule has 3 heteroatoms. The van der Waals surface area contributed by atoms with E-state index in [1.807, 2.05) is 25.2 Å². The predicted molar refractivity (Wildman–Crippen MR) is 74.3 cm³/mol. The Hall–Kier alpha value is -2.03. The summed E-state index contributed by atoms with van der Waals surface area (Å²) in [6, 6.07) is 10.1. The molecule has 0 bridgehead atoms. The monoisotopic (exact) mass is 242 g/mol. The van der Waals surface area contributed by atoms with E-state index in [0.29, 0.717) is 0 Å². The number of benzene rings is 1. The highest BCUT2D eigenvalue weighted by Gasteiger charge is 1.99. The number of ether oxygens (including phenoxy) is 1. The quantitative estimate of drug-likeness (QED) is 0.864. The van der Waals surface area contributed by atoms with Gasteiger partial charge < -0.3 is 10.1 Å². The molecule has 0 atom stereocenters. The third-order valence-electron chi connectivity index (χ3n) is 2.70. The molecule has 1 N–H and O–H groups in total. The predicted octanol–water partition coefficient (Wildman–Crippen LogP) is 3.87. The van der Waals surface area contributed by atoms with Gasteiger partial charge in [0.1, 0.15) is 11.5 Å². The van der Waals surface area contributed by atoms with Crippen LogP contribution in [0.15, 0.2) is 42.7 Å². The molecule has 0 radical (unpaired) electrons. The van der Waals surface area contributed by atoms with Crippen molar-refractivity contribution in [3.05, 3.63) is 48.3 Å². The lowest BCUT2D eigenvalue weighted by atomic mass is 10.1. The van der Waals surface area contributed by atoms with E-state index in [0.717, 1.165) is 30.0 Å². The van der Waals surface area contributed by atoms with Crippen molar-refractivity contribution in [3.63, 3.8) is 0 Å². The van der Waals surface area contributed by atoms with Crippen molar-refractivity contribution in [2.24, 2.45) is 0 Å². The zero-order valence-electron chi connectivity index (χ0n) is 10.8. The molecule has 1 aromatic heterocycles. The van der Waals surface area contributed by atoms with Gasteiger partial charge in [0, 0.05) is 13.1 Å². The number of aryl methyl sites for hydroxylation is 1. The van der Waals surface area contributed by atoms with E-state index in [4.69, 9.17) is 4.74 Å². The first-order valence-corrected chi connectivity index (χ1v) is 6.21. The van der Waals surface area contributed by atoms with Gasteiger partial charge in [-0.2, -0.15) is 0 Å². The largest absolute Gasteiger partial charge is 0.456 e. The molecule has 2 rings (SSSR count). The van der Waals surface area contributed by atoms with Gasteiger partial charge in [-0.05, 0) is 24.1 Å². The van der Waals surface area contributed by atoms with Crippen molar-refractivity contribution in [1.29, 1.82) is 0 Å². The Balaban J connectivity index is 2.08. The van der Waals surface area contributed by atoms with E-state index < -0.39 is 0 Å². The molecule has 0 saturated carbocycles. The number of anilines is 1. The van der Waals surface area contributed by atoms with E-state index in [2.05, 4.69) is 29.4 Å². The molecule has 3 nitrogen and oxygen atoms in total. The number of rotatable bonds is 5. The summed E-state index contributed by atoms with van der Waals surface area (Å²) in [7, 11) is 1.86. The maximum Gasteiger partial charge on any atom is 0.147 e. The van der Waals surface area contributed by atoms with Gasteiger partial charge in [-0.15, -0.1) is 0 Å². The van der Waals surface area contributed by atoms with Crippen LogP contribution in [0, 0.1) is 0 Å². The number of nitrogens with zero attached hydrogens (tertiary/aromatic N) is 1. The lowest BCUT2D eigenvalue weighted by molar-refractivity contribution is 0.480. The SMILES string of the molecule is CCCc1ccc(Oc2cncc(NC)c2)cc1. The Morgan fingerprint density at radius 3 is 2.56 bits per heavy atom. The molecule has 1 heterocycles. The molecular formula is C15H18N2O. The molecule has 0 spiro atoms. The normalized spacial score (nSPS) is 10.1. The second-order valence-corrected chi connectivity index (χ2v) is 4.16. The molecule has 0 aliphatic heterocycles. The minimum Gasteiger partial charge on any atom is -0.456 e. The van der Waals surface area contributed by atoms with Crippen molar-refractivity contribution in [3.8, 4) is 11.5 Å². The highest BCUT2D eigenvalue weighted by molar-refractivity contribution is 5.45. The van der Waals surface area contributed by atoms with E-state index in [1.54, 1.807) is 12.4 Å². The van der Waals surface area contributed by atoms with Crippen LogP contribution < -0.4 is 10.1 Å². The smallest absolute Gasteiger partial charge is 0.147 e. The van der Waals surface area contributed by atoms with E-state index in [1.165, 1.54) is 5.56 Å². The molecule has 0 aliphatic carbocycles. The Bertz CT molecular complexity index is 494. The van der Waals surface area contributed by atoms with Crippen LogP contribution in [-0.4, -0.2) is 12.0 Å². The Labute approximate surface area is 108 Å². The van der Waals surface area contributed by atoms with Gasteiger partial charge >= 0.3 is 0 Å². The molecule has 1 aromatic carbocycles. The third kappa shape index (κ3) is 3.23. The van der Waals surface area contributed by atoms with Crippen LogP contribution in [0.1, 0.15) is 18.9 Å². The zero-order valence-corrected chi connectivity index (χ0v) is 10.8. The van der Waals surface area contributed by atoms with Crippen LogP contribution >= 0.6 is 0 Å². The first kappa shape index (κ1) is 12.4. The number of hydrogen-bond donors (Lipinski definition) is 1. The molecule has 0 fully saturated rings. The average Bonchev–Trinajstić information content (AvgIpc) is 2.42. The van der Waals surface area contributed by atoms with E-state index in [-0.39, 0.29) is 0 Å². The second-order valence-electron chi connectivity index (χ2n) is 4.16. The van der Waals surface area contributed by atoms with Crippen molar-refractivity contribution >= 4 is 5.69 Å². The van der Waals surface area contributed by atoms with Crippen molar-refractivity contribution in [1.82, 2.24) is 4.98 Å². The molecule has 0 unspecified atom stereocenters. The summed E-state index contributed by atoms with van der Waals surface area (Å²) in [6.45, 7) is 2.18. The van der Waals surface area contributed by atoms with Crippen LogP contribution in [-0.2, 0) is 6.42 Å². The summed E-state index contributed by atoms with van der Waals surface area (Å²) in [5.41, 5.74) is 2.28. The number of pyridine rings is 1. The highest BCUT2D eigenvalue weighted by Crippen LogP contribution is 2.23. The number of hydrogen-bond acceptors (Lipinski definition) is 3.